The van der Waals surface area contributed by atoms with Crippen LogP contribution in [0, 0.1) is 17.0 Å². The topological polar surface area (TPSA) is 89.2 Å². The lowest BCUT2D eigenvalue weighted by Crippen LogP contribution is -1.93. The molecule has 1 heterocycles. The molecule has 18 heavy (non-hydrogen) atoms. The second kappa shape index (κ2) is 5.42. The van der Waals surface area contributed by atoms with Crippen LogP contribution in [-0.4, -0.2) is 19.4 Å². The zero-order chi connectivity index (χ0) is 13.1. The van der Waals surface area contributed by atoms with Crippen LogP contribution < -0.4 is 0 Å². The summed E-state index contributed by atoms with van der Waals surface area (Å²) in [6, 6.07) is 4.40. The number of aromatic nitrogens is 2. The van der Waals surface area contributed by atoms with E-state index in [0.717, 1.165) is 9.24 Å². The molecular formula is C10H9N3O3S2. The molecule has 1 N–H and O–H groups in total. The number of nitro benzene ring substituents is 1. The number of aryl methyl sites for hydroxylation is 1. The molecule has 0 aliphatic heterocycles. The average Bonchev–Trinajstić information content (AvgIpc) is 2.75. The fraction of sp³-hybridized carbons (Fsp3) is 0.200. The first-order valence-electron chi connectivity index (χ1n) is 4.96. The van der Waals surface area contributed by atoms with Crippen LogP contribution in [0.5, 0.6) is 0 Å². The van der Waals surface area contributed by atoms with E-state index in [1.807, 2.05) is 0 Å². The molecule has 0 radical (unpaired) electrons. The van der Waals surface area contributed by atoms with Crippen molar-refractivity contribution in [3.05, 3.63) is 39.7 Å². The highest BCUT2D eigenvalue weighted by Gasteiger charge is 2.12. The van der Waals surface area contributed by atoms with Gasteiger partial charge in [0.05, 0.1) is 11.5 Å². The third kappa shape index (κ3) is 2.84. The Hall–Kier alpha value is -1.51. The molecule has 6 nitrogen and oxygen atoms in total. The standard InChI is InChI=1S/C10H9N3O3S2/c1-6-11-10(18-12-6)17-9-3-2-8(13(15)16)4-7(9)5-14/h2-4,14H,5H2,1H3. The van der Waals surface area contributed by atoms with Crippen molar-refractivity contribution < 1.29 is 10.0 Å². The second-order valence-electron chi connectivity index (χ2n) is 3.42. The highest BCUT2D eigenvalue weighted by atomic mass is 32.2. The molecule has 0 fully saturated rings. The Bertz CT molecular complexity index is 585. The van der Waals surface area contributed by atoms with Crippen LogP contribution in [0.2, 0.25) is 0 Å². The predicted octanol–water partition coefficient (Wildman–Crippen LogP) is 2.40. The number of rotatable bonds is 4. The minimum atomic E-state index is -0.483. The highest BCUT2D eigenvalue weighted by molar-refractivity contribution is 8.01. The number of nitro groups is 1. The van der Waals surface area contributed by atoms with Crippen molar-refractivity contribution in [2.75, 3.05) is 0 Å². The van der Waals surface area contributed by atoms with Crippen LogP contribution in [0.15, 0.2) is 27.4 Å². The Kier molecular flexibility index (Phi) is 3.90. The van der Waals surface area contributed by atoms with Crippen molar-refractivity contribution >= 4 is 29.0 Å². The van der Waals surface area contributed by atoms with Gasteiger partial charge in [0.15, 0.2) is 4.34 Å². The van der Waals surface area contributed by atoms with Gasteiger partial charge in [0.2, 0.25) is 0 Å². The van der Waals surface area contributed by atoms with Gasteiger partial charge in [-0.2, -0.15) is 4.37 Å². The maximum Gasteiger partial charge on any atom is 0.269 e. The largest absolute Gasteiger partial charge is 0.392 e. The van der Waals surface area contributed by atoms with Crippen LogP contribution in [0.3, 0.4) is 0 Å². The van der Waals surface area contributed by atoms with Gasteiger partial charge < -0.3 is 5.11 Å². The van der Waals surface area contributed by atoms with E-state index >= 15 is 0 Å². The van der Waals surface area contributed by atoms with Gasteiger partial charge in [-0.3, -0.25) is 10.1 Å². The summed E-state index contributed by atoms with van der Waals surface area (Å²) in [4.78, 5) is 15.1. The summed E-state index contributed by atoms with van der Waals surface area (Å²) in [6.07, 6.45) is 0. The van der Waals surface area contributed by atoms with E-state index < -0.39 is 4.92 Å². The maximum atomic E-state index is 10.6. The van der Waals surface area contributed by atoms with E-state index in [0.29, 0.717) is 11.4 Å². The molecule has 94 valence electrons. The molecule has 0 saturated heterocycles. The molecule has 0 spiro atoms. The van der Waals surface area contributed by atoms with E-state index in [1.54, 1.807) is 13.0 Å². The van der Waals surface area contributed by atoms with E-state index in [-0.39, 0.29) is 12.3 Å². The summed E-state index contributed by atoms with van der Waals surface area (Å²) < 4.78 is 4.80. The van der Waals surface area contributed by atoms with Crippen molar-refractivity contribution in [3.8, 4) is 0 Å². The van der Waals surface area contributed by atoms with Gasteiger partial charge in [0.25, 0.3) is 5.69 Å². The number of non-ortho nitro benzene ring substituents is 1. The number of aliphatic hydroxyl groups is 1. The normalized spacial score (nSPS) is 10.6. The van der Waals surface area contributed by atoms with Crippen LogP contribution in [0.1, 0.15) is 11.4 Å². The summed E-state index contributed by atoms with van der Waals surface area (Å²) in [5, 5.41) is 19.9. The van der Waals surface area contributed by atoms with Crippen LogP contribution in [0.4, 0.5) is 5.69 Å². The predicted molar refractivity (Wildman–Crippen MR) is 67.8 cm³/mol. The van der Waals surface area contributed by atoms with E-state index in [4.69, 9.17) is 0 Å². The quantitative estimate of drug-likeness (QED) is 0.684. The van der Waals surface area contributed by atoms with Crippen molar-refractivity contribution in [3.63, 3.8) is 0 Å². The van der Waals surface area contributed by atoms with E-state index in [9.17, 15) is 15.2 Å². The third-order valence-corrected chi connectivity index (χ3v) is 4.09. The Morgan fingerprint density at radius 3 is 2.89 bits per heavy atom. The monoisotopic (exact) mass is 283 g/mol. The minimum absolute atomic E-state index is 0.0307. The molecule has 0 aliphatic rings. The van der Waals surface area contributed by atoms with Gasteiger partial charge >= 0.3 is 0 Å². The molecule has 0 bridgehead atoms. The molecule has 0 amide bonds. The number of hydrogen-bond donors (Lipinski definition) is 1. The van der Waals surface area contributed by atoms with Gasteiger partial charge in [-0.1, -0.05) is 11.8 Å². The molecular weight excluding hydrogens is 274 g/mol. The molecule has 0 saturated carbocycles. The van der Waals surface area contributed by atoms with Gasteiger partial charge in [0.1, 0.15) is 5.82 Å². The Balaban J connectivity index is 2.30. The smallest absolute Gasteiger partial charge is 0.269 e. The molecule has 1 aromatic carbocycles. The molecule has 8 heteroatoms. The molecule has 2 aromatic rings. The van der Waals surface area contributed by atoms with Gasteiger partial charge in [-0.15, -0.1) is 0 Å². The number of nitrogens with zero attached hydrogens (tertiary/aromatic N) is 3. The van der Waals surface area contributed by atoms with Gasteiger partial charge in [-0.05, 0) is 30.1 Å². The fourth-order valence-corrected chi connectivity index (χ4v) is 3.03. The summed E-state index contributed by atoms with van der Waals surface area (Å²) in [7, 11) is 0. The lowest BCUT2D eigenvalue weighted by atomic mass is 10.2. The fourth-order valence-electron chi connectivity index (χ4n) is 1.32. The zero-order valence-electron chi connectivity index (χ0n) is 9.36. The second-order valence-corrected chi connectivity index (χ2v) is 5.46. The SMILES string of the molecule is Cc1nsc(Sc2ccc([N+](=O)[O-])cc2CO)n1. The molecule has 1 aromatic heterocycles. The van der Waals surface area contributed by atoms with E-state index in [1.165, 1.54) is 35.4 Å². The maximum absolute atomic E-state index is 10.6. The summed E-state index contributed by atoms with van der Waals surface area (Å²) in [5.41, 5.74) is 0.485. The van der Waals surface area contributed by atoms with Crippen molar-refractivity contribution in [2.24, 2.45) is 0 Å². The lowest BCUT2D eigenvalue weighted by molar-refractivity contribution is -0.385. The number of benzene rings is 1. The highest BCUT2D eigenvalue weighted by Crippen LogP contribution is 2.33. The van der Waals surface area contributed by atoms with E-state index in [2.05, 4.69) is 9.36 Å². The van der Waals surface area contributed by atoms with Crippen LogP contribution in [-0.2, 0) is 6.61 Å². The van der Waals surface area contributed by atoms with Crippen molar-refractivity contribution in [2.45, 2.75) is 22.8 Å². The first kappa shape index (κ1) is 12.9. The first-order chi connectivity index (χ1) is 8.60. The molecule has 2 rings (SSSR count). The Morgan fingerprint density at radius 1 is 1.56 bits per heavy atom. The van der Waals surface area contributed by atoms with Gasteiger partial charge in [-0.25, -0.2) is 4.98 Å². The Labute approximate surface area is 111 Å². The Morgan fingerprint density at radius 2 is 2.33 bits per heavy atom. The zero-order valence-corrected chi connectivity index (χ0v) is 11.0. The third-order valence-electron chi connectivity index (χ3n) is 2.13. The first-order valence-corrected chi connectivity index (χ1v) is 6.55. The van der Waals surface area contributed by atoms with Crippen molar-refractivity contribution in [1.29, 1.82) is 0 Å². The molecule has 0 unspecified atom stereocenters. The summed E-state index contributed by atoms with van der Waals surface area (Å²) in [6.45, 7) is 1.55. The number of hydrogen-bond acceptors (Lipinski definition) is 7. The molecule has 0 aliphatic carbocycles. The van der Waals surface area contributed by atoms with Crippen LogP contribution in [0.25, 0.3) is 0 Å². The van der Waals surface area contributed by atoms with Gasteiger partial charge in [0, 0.05) is 17.0 Å². The van der Waals surface area contributed by atoms with Crippen molar-refractivity contribution in [1.82, 2.24) is 9.36 Å². The summed E-state index contributed by atoms with van der Waals surface area (Å²) >= 11 is 2.60. The minimum Gasteiger partial charge on any atom is -0.392 e. The molecule has 0 atom stereocenters. The lowest BCUT2D eigenvalue weighted by Gasteiger charge is -2.04. The number of aliphatic hydroxyl groups excluding tert-OH is 1. The van der Waals surface area contributed by atoms with Crippen LogP contribution >= 0.6 is 23.3 Å². The average molecular weight is 283 g/mol. The summed E-state index contributed by atoms with van der Waals surface area (Å²) in [5.74, 6) is 0.690.